The van der Waals surface area contributed by atoms with E-state index in [2.05, 4.69) is 10.3 Å². The summed E-state index contributed by atoms with van der Waals surface area (Å²) in [6.45, 7) is 0. The lowest BCUT2D eigenvalue weighted by Gasteiger charge is -2.05. The van der Waals surface area contributed by atoms with Gasteiger partial charge in [0, 0.05) is 16.0 Å². The summed E-state index contributed by atoms with van der Waals surface area (Å²) in [6, 6.07) is 11.0. The quantitative estimate of drug-likeness (QED) is 0.620. The Kier molecular flexibility index (Phi) is 4.29. The number of rotatable bonds is 3. The first-order valence-corrected chi connectivity index (χ1v) is 8.91. The molecule has 24 heavy (non-hydrogen) atoms. The summed E-state index contributed by atoms with van der Waals surface area (Å²) in [6.07, 6.45) is 1.99. The Labute approximate surface area is 146 Å². The van der Waals surface area contributed by atoms with Crippen molar-refractivity contribution >= 4 is 56.4 Å². The molecule has 1 amide bonds. The van der Waals surface area contributed by atoms with Crippen molar-refractivity contribution in [1.29, 1.82) is 5.26 Å². The molecular formula is C16H13N5OS2. The van der Waals surface area contributed by atoms with Crippen LogP contribution in [0.25, 0.3) is 10.2 Å². The molecule has 120 valence electrons. The fraction of sp³-hybridized carbons (Fsp3) is 0.0625. The van der Waals surface area contributed by atoms with Gasteiger partial charge < -0.3 is 16.8 Å². The van der Waals surface area contributed by atoms with E-state index in [1.807, 2.05) is 36.6 Å². The maximum absolute atomic E-state index is 12.5. The van der Waals surface area contributed by atoms with Crippen LogP contribution in [0.3, 0.4) is 0 Å². The number of nitrogens with zero attached hydrogens (tertiary/aromatic N) is 2. The SMILES string of the molecule is CSc1ccc(NC(=O)c2sc3nc(N)c(C#N)cc3c2N)cc1. The predicted octanol–water partition coefficient (Wildman–Crippen LogP) is 3.31. The molecule has 0 atom stereocenters. The summed E-state index contributed by atoms with van der Waals surface area (Å²) in [7, 11) is 0. The maximum atomic E-state index is 12.5. The number of aromatic nitrogens is 1. The van der Waals surface area contributed by atoms with Crippen LogP contribution in [-0.2, 0) is 0 Å². The zero-order valence-electron chi connectivity index (χ0n) is 12.7. The van der Waals surface area contributed by atoms with Crippen molar-refractivity contribution in [3.05, 3.63) is 40.8 Å². The fourth-order valence-electron chi connectivity index (χ4n) is 2.18. The highest BCUT2D eigenvalue weighted by molar-refractivity contribution is 7.98. The molecule has 0 bridgehead atoms. The summed E-state index contributed by atoms with van der Waals surface area (Å²) in [5, 5.41) is 12.4. The van der Waals surface area contributed by atoms with Gasteiger partial charge in [-0.2, -0.15) is 5.26 Å². The van der Waals surface area contributed by atoms with Crippen molar-refractivity contribution in [2.75, 3.05) is 23.0 Å². The zero-order valence-corrected chi connectivity index (χ0v) is 14.3. The summed E-state index contributed by atoms with van der Waals surface area (Å²) in [5.74, 6) is -0.185. The third-order valence-corrected chi connectivity index (χ3v) is 5.28. The molecule has 0 fully saturated rings. The van der Waals surface area contributed by atoms with Crippen molar-refractivity contribution < 1.29 is 4.79 Å². The van der Waals surface area contributed by atoms with E-state index in [1.165, 1.54) is 0 Å². The van der Waals surface area contributed by atoms with Gasteiger partial charge in [0.15, 0.2) is 0 Å². The van der Waals surface area contributed by atoms with E-state index in [9.17, 15) is 4.79 Å². The van der Waals surface area contributed by atoms with Crippen molar-refractivity contribution in [2.24, 2.45) is 0 Å². The number of nitriles is 1. The second kappa shape index (κ2) is 6.39. The van der Waals surface area contributed by atoms with Gasteiger partial charge in [-0.05, 0) is 36.6 Å². The van der Waals surface area contributed by atoms with Crippen LogP contribution in [-0.4, -0.2) is 17.1 Å². The molecule has 1 aromatic carbocycles. The molecule has 0 spiro atoms. The topological polar surface area (TPSA) is 118 Å². The Hall–Kier alpha value is -2.76. The van der Waals surface area contributed by atoms with Crippen molar-refractivity contribution in [3.8, 4) is 6.07 Å². The molecule has 0 saturated carbocycles. The van der Waals surface area contributed by atoms with E-state index >= 15 is 0 Å². The number of fused-ring (bicyclic) bond motifs is 1. The van der Waals surface area contributed by atoms with Gasteiger partial charge >= 0.3 is 0 Å². The van der Waals surface area contributed by atoms with E-state index in [-0.39, 0.29) is 17.3 Å². The summed E-state index contributed by atoms with van der Waals surface area (Å²) < 4.78 is 0. The number of carbonyl (C=O) groups is 1. The first-order valence-electron chi connectivity index (χ1n) is 6.87. The van der Waals surface area contributed by atoms with E-state index in [1.54, 1.807) is 17.8 Å². The van der Waals surface area contributed by atoms with E-state index in [0.29, 0.717) is 26.5 Å². The van der Waals surface area contributed by atoms with Gasteiger partial charge in [0.25, 0.3) is 5.91 Å². The van der Waals surface area contributed by atoms with Gasteiger partial charge in [-0.1, -0.05) is 0 Å². The third-order valence-electron chi connectivity index (χ3n) is 3.43. The standard InChI is InChI=1S/C16H13N5OS2/c1-23-10-4-2-9(3-5-10)20-15(22)13-12(18)11-6-8(7-17)14(19)21-16(11)24-13/h2-6H,18H2,1H3,(H2,19,21)(H,20,22). The van der Waals surface area contributed by atoms with Crippen molar-refractivity contribution in [3.63, 3.8) is 0 Å². The molecule has 0 radical (unpaired) electrons. The number of nitrogens with two attached hydrogens (primary N) is 2. The molecule has 0 unspecified atom stereocenters. The lowest BCUT2D eigenvalue weighted by atomic mass is 10.2. The summed E-state index contributed by atoms with van der Waals surface area (Å²) in [4.78, 5) is 18.6. The summed E-state index contributed by atoms with van der Waals surface area (Å²) >= 11 is 2.78. The Morgan fingerprint density at radius 2 is 2.04 bits per heavy atom. The number of benzene rings is 1. The first-order chi connectivity index (χ1) is 11.5. The van der Waals surface area contributed by atoms with Gasteiger partial charge in [0.1, 0.15) is 21.6 Å². The van der Waals surface area contributed by atoms with Crippen LogP contribution in [0.5, 0.6) is 0 Å². The van der Waals surface area contributed by atoms with Gasteiger partial charge in [-0.3, -0.25) is 4.79 Å². The van der Waals surface area contributed by atoms with Crippen LogP contribution in [0.2, 0.25) is 0 Å². The number of thiophene rings is 1. The van der Waals surface area contributed by atoms with Gasteiger partial charge in [-0.25, -0.2) is 4.98 Å². The molecule has 2 heterocycles. The number of thioether (sulfide) groups is 1. The Morgan fingerprint density at radius 1 is 1.33 bits per heavy atom. The minimum atomic E-state index is -0.315. The van der Waals surface area contributed by atoms with Gasteiger partial charge in [-0.15, -0.1) is 23.1 Å². The highest BCUT2D eigenvalue weighted by atomic mass is 32.2. The highest BCUT2D eigenvalue weighted by Gasteiger charge is 2.19. The van der Waals surface area contributed by atoms with Crippen LogP contribution >= 0.6 is 23.1 Å². The Balaban J connectivity index is 1.94. The molecular weight excluding hydrogens is 342 g/mol. The Bertz CT molecular complexity index is 973. The first kappa shape index (κ1) is 16.1. The second-order valence-corrected chi connectivity index (χ2v) is 6.79. The molecule has 0 aliphatic carbocycles. The highest BCUT2D eigenvalue weighted by Crippen LogP contribution is 2.34. The number of pyridine rings is 1. The monoisotopic (exact) mass is 355 g/mol. The molecule has 3 aromatic rings. The van der Waals surface area contributed by atoms with Crippen LogP contribution < -0.4 is 16.8 Å². The van der Waals surface area contributed by atoms with Crippen LogP contribution in [0, 0.1) is 11.3 Å². The molecule has 2 aromatic heterocycles. The number of nitrogens with one attached hydrogen (secondary N) is 1. The molecule has 6 nitrogen and oxygen atoms in total. The van der Waals surface area contributed by atoms with Crippen LogP contribution in [0.1, 0.15) is 15.2 Å². The average Bonchev–Trinajstić information content (AvgIpc) is 2.90. The minimum Gasteiger partial charge on any atom is -0.397 e. The zero-order chi connectivity index (χ0) is 17.3. The number of amides is 1. The molecule has 0 aliphatic heterocycles. The van der Waals surface area contributed by atoms with Gasteiger partial charge in [0.05, 0.1) is 11.3 Å². The van der Waals surface area contributed by atoms with E-state index in [0.717, 1.165) is 16.2 Å². The number of hydrogen-bond donors (Lipinski definition) is 3. The maximum Gasteiger partial charge on any atom is 0.267 e. The molecule has 0 saturated heterocycles. The number of hydrogen-bond acceptors (Lipinski definition) is 7. The average molecular weight is 355 g/mol. The number of carbonyl (C=O) groups excluding carboxylic acids is 1. The molecule has 0 aliphatic rings. The van der Waals surface area contributed by atoms with E-state index in [4.69, 9.17) is 16.7 Å². The number of nitrogen functional groups attached to an aromatic ring is 2. The fourth-order valence-corrected chi connectivity index (χ4v) is 3.56. The summed E-state index contributed by atoms with van der Waals surface area (Å²) in [5.41, 5.74) is 13.0. The van der Waals surface area contributed by atoms with Crippen molar-refractivity contribution in [1.82, 2.24) is 4.98 Å². The third kappa shape index (κ3) is 2.87. The van der Waals surface area contributed by atoms with Crippen molar-refractivity contribution in [2.45, 2.75) is 4.90 Å². The van der Waals surface area contributed by atoms with Gasteiger partial charge in [0.2, 0.25) is 0 Å². The minimum absolute atomic E-state index is 0.130. The lowest BCUT2D eigenvalue weighted by molar-refractivity contribution is 0.103. The normalized spacial score (nSPS) is 10.5. The van der Waals surface area contributed by atoms with Crippen LogP contribution in [0.4, 0.5) is 17.2 Å². The number of anilines is 3. The van der Waals surface area contributed by atoms with Crippen LogP contribution in [0.15, 0.2) is 35.2 Å². The smallest absolute Gasteiger partial charge is 0.267 e. The second-order valence-electron chi connectivity index (χ2n) is 4.91. The van der Waals surface area contributed by atoms with E-state index < -0.39 is 0 Å². The lowest BCUT2D eigenvalue weighted by Crippen LogP contribution is -2.11. The molecule has 3 rings (SSSR count). The predicted molar refractivity (Wildman–Crippen MR) is 99.3 cm³/mol. The molecule has 8 heteroatoms. The largest absolute Gasteiger partial charge is 0.397 e. The molecule has 5 N–H and O–H groups in total. The Morgan fingerprint density at radius 3 is 2.67 bits per heavy atom.